The Balaban J connectivity index is 0.000000149. The van der Waals surface area contributed by atoms with E-state index < -0.39 is 11.4 Å². The van der Waals surface area contributed by atoms with E-state index in [2.05, 4.69) is 77.5 Å². The molecule has 8 aromatic rings. The molecule has 4 aliphatic heterocycles. The fraction of sp³-hybridized carbons (Fsp3) is 0.295. The Morgan fingerprint density at radius 2 is 0.954 bits per heavy atom. The average molecular weight is 1220 g/mol. The zero-order valence-corrected chi connectivity index (χ0v) is 52.2. The van der Waals surface area contributed by atoms with Crippen molar-refractivity contribution in [2.75, 3.05) is 21.3 Å². The highest BCUT2D eigenvalue weighted by atomic mass is 32.1. The lowest BCUT2D eigenvalue weighted by Crippen LogP contribution is -2.41. The van der Waals surface area contributed by atoms with Crippen LogP contribution in [0.3, 0.4) is 0 Å². The van der Waals surface area contributed by atoms with Crippen LogP contribution in [0.1, 0.15) is 117 Å². The number of para-hydroxylation sites is 1. The number of benzene rings is 1. The number of carbonyl (C=O) groups excluding carboxylic acids is 4. The molecule has 7 N–H and O–H groups in total. The summed E-state index contributed by atoms with van der Waals surface area (Å²) < 4.78 is 2.35. The smallest absolute Gasteiger partial charge is 0.330 e. The third kappa shape index (κ3) is 13.9. The molecule has 4 aliphatic rings. The van der Waals surface area contributed by atoms with Gasteiger partial charge in [0, 0.05) is 99.4 Å². The molecule has 0 saturated heterocycles. The summed E-state index contributed by atoms with van der Waals surface area (Å²) in [6.45, 7) is 38.7. The fourth-order valence-electron chi connectivity index (χ4n) is 9.64. The maximum absolute atomic E-state index is 11.9. The van der Waals surface area contributed by atoms with Crippen molar-refractivity contribution in [1.82, 2.24) is 58.6 Å². The van der Waals surface area contributed by atoms with E-state index in [0.717, 1.165) is 66.0 Å². The highest BCUT2D eigenvalue weighted by molar-refractivity contribution is 7.11. The van der Waals surface area contributed by atoms with Gasteiger partial charge in [0.1, 0.15) is 5.52 Å². The van der Waals surface area contributed by atoms with Gasteiger partial charge in [0.2, 0.25) is 0 Å². The van der Waals surface area contributed by atoms with Crippen LogP contribution in [0.15, 0.2) is 135 Å². The summed E-state index contributed by atoms with van der Waals surface area (Å²) in [5, 5.41) is 17.7. The first-order valence-electron chi connectivity index (χ1n) is 27.8. The minimum Gasteiger partial charge on any atom is -0.339 e. The van der Waals surface area contributed by atoms with Crippen LogP contribution >= 0.6 is 22.7 Å². The summed E-state index contributed by atoms with van der Waals surface area (Å²) in [5.41, 5.74) is 9.02. The number of amides is 8. The largest absolute Gasteiger partial charge is 0.339 e. The SMILES string of the molecule is C=C1c2ccccc2NC(=O)N1C(C)C.C=C1c2cnccc2NC(=O)N1C(C)C.C=C1c2cscc2NC(=O)N1C(C)C.C=C1c2sccc2NC(=O)N1C(C)C.CC(C)n1c(=O)[nH]c2cnccc2c1=O.CC(C)n1c(=O)[nH]c2nc[nH]c2c1=O. The monoisotopic (exact) mass is 1220 g/mol. The fourth-order valence-corrected chi connectivity index (χ4v) is 11.3. The molecule has 7 aromatic heterocycles. The molecule has 0 bridgehead atoms. The van der Waals surface area contributed by atoms with Crippen LogP contribution in [0.5, 0.6) is 0 Å². The van der Waals surface area contributed by atoms with Crippen LogP contribution in [0, 0.1) is 0 Å². The van der Waals surface area contributed by atoms with Crippen molar-refractivity contribution in [3.63, 3.8) is 0 Å². The predicted octanol–water partition coefficient (Wildman–Crippen LogP) is 11.8. The molecule has 0 radical (unpaired) electrons. The van der Waals surface area contributed by atoms with Gasteiger partial charge in [0.25, 0.3) is 11.1 Å². The molecule has 0 unspecified atom stereocenters. The lowest BCUT2D eigenvalue weighted by molar-refractivity contribution is 0.221. The van der Waals surface area contributed by atoms with Crippen molar-refractivity contribution in [2.45, 2.75) is 119 Å². The number of aromatic amines is 3. The minimum absolute atomic E-state index is 0.0871. The van der Waals surface area contributed by atoms with Crippen LogP contribution in [0.4, 0.5) is 41.9 Å². The highest BCUT2D eigenvalue weighted by Crippen LogP contribution is 2.37. The van der Waals surface area contributed by atoms with E-state index in [0.29, 0.717) is 27.8 Å². The molecule has 0 spiro atoms. The molecule has 12 rings (SSSR count). The van der Waals surface area contributed by atoms with Crippen molar-refractivity contribution in [3.05, 3.63) is 179 Å². The van der Waals surface area contributed by atoms with Crippen LogP contribution in [-0.4, -0.2) is 107 Å². The molecule has 0 aliphatic carbocycles. The van der Waals surface area contributed by atoms with Gasteiger partial charge in [-0.15, -0.1) is 22.7 Å². The molecule has 8 amide bonds. The second kappa shape index (κ2) is 27.4. The van der Waals surface area contributed by atoms with E-state index in [1.807, 2.05) is 102 Å². The van der Waals surface area contributed by atoms with Gasteiger partial charge < -0.3 is 31.2 Å². The molecule has 1 aromatic carbocycles. The number of pyridine rings is 2. The van der Waals surface area contributed by atoms with E-state index in [1.54, 1.807) is 94.5 Å². The van der Waals surface area contributed by atoms with Gasteiger partial charge in [0.15, 0.2) is 5.65 Å². The summed E-state index contributed by atoms with van der Waals surface area (Å²) in [6.07, 6.45) is 7.76. The molecule has 0 atom stereocenters. The van der Waals surface area contributed by atoms with Crippen molar-refractivity contribution >= 4 is 114 Å². The van der Waals surface area contributed by atoms with Crippen molar-refractivity contribution < 1.29 is 19.2 Å². The summed E-state index contributed by atoms with van der Waals surface area (Å²) in [4.78, 5) is 121. The Morgan fingerprint density at radius 3 is 1.54 bits per heavy atom. The zero-order valence-electron chi connectivity index (χ0n) is 50.6. The minimum atomic E-state index is -0.426. The Bertz CT molecular complexity index is 4040. The molecule has 0 saturated carbocycles. The standard InChI is InChI=1S/C12H14N2O.C11H13N3O.C10H11N3O2.2C10H12N2OS.C8H10N4O2/c1-8(2)14-9(3)10-6-4-5-7-11(10)13-12(14)15;1-7(2)14-8(3)9-6-12-5-4-10(9)13-11(14)15;1-6(2)13-9(14)7-3-4-11-5-8(7)12-10(13)15;1-6(2)12-7(3)8-4-14-5-9(8)11-10(12)13;1-6(2)12-7(3)9-8(4-5-14-9)11-10(12)13;1-4(2)12-7(13)5-6(10-3-9-5)11-8(12)14/h4-8H,3H2,1-2H3,(H,13,15);4-7H,3H2,1-2H3,(H,13,15);3-6H,1-2H3,(H,12,15);2*4-6H,3H2,1-2H3,(H,11,13);3-4H,1-2H3,(H,9,10)(H,11,14). The number of imidazole rings is 1. The summed E-state index contributed by atoms with van der Waals surface area (Å²) in [6, 6.07) is 12.7. The molecular weight excluding hydrogens is 1150 g/mol. The molecular formula is C61H72N16O8S2. The summed E-state index contributed by atoms with van der Waals surface area (Å²) in [5.74, 6) is 0. The number of fused-ring (bicyclic) bond motifs is 6. The van der Waals surface area contributed by atoms with Crippen LogP contribution in [-0.2, 0) is 0 Å². The average Bonchev–Trinajstić information content (AvgIpc) is 1.87. The number of hydrogen-bond donors (Lipinski definition) is 7. The van der Waals surface area contributed by atoms with Gasteiger partial charge in [-0.1, -0.05) is 44.5 Å². The first kappa shape index (κ1) is 64.6. The zero-order chi connectivity index (χ0) is 63.9. The number of nitrogens with zero attached hydrogens (tertiary/aromatic N) is 9. The molecule has 87 heavy (non-hydrogen) atoms. The van der Waals surface area contributed by atoms with Gasteiger partial charge in [0.05, 0.1) is 56.8 Å². The van der Waals surface area contributed by atoms with Gasteiger partial charge in [-0.3, -0.25) is 53.3 Å². The Kier molecular flexibility index (Phi) is 20.3. The van der Waals surface area contributed by atoms with Crippen LogP contribution in [0.25, 0.3) is 44.9 Å². The lowest BCUT2D eigenvalue weighted by atomic mass is 10.1. The molecule has 456 valence electrons. The number of rotatable bonds is 6. The quantitative estimate of drug-likeness (QED) is 0.0821. The molecule has 11 heterocycles. The Labute approximate surface area is 509 Å². The number of urea groups is 4. The third-order valence-electron chi connectivity index (χ3n) is 13.6. The third-order valence-corrected chi connectivity index (χ3v) is 15.3. The van der Waals surface area contributed by atoms with E-state index in [-0.39, 0.29) is 71.5 Å². The van der Waals surface area contributed by atoms with Gasteiger partial charge in [-0.25, -0.2) is 33.8 Å². The maximum atomic E-state index is 11.9. The number of hydrogen-bond acceptors (Lipinski definition) is 13. The highest BCUT2D eigenvalue weighted by Gasteiger charge is 2.32. The van der Waals surface area contributed by atoms with Crippen LogP contribution in [0.2, 0.25) is 0 Å². The van der Waals surface area contributed by atoms with Gasteiger partial charge >= 0.3 is 35.5 Å². The molecule has 24 nitrogen and oxygen atoms in total. The number of H-pyrrole nitrogens is 3. The Hall–Kier alpha value is -9.95. The van der Waals surface area contributed by atoms with E-state index >= 15 is 0 Å². The normalized spacial score (nSPS) is 14.1. The Morgan fingerprint density at radius 1 is 0.471 bits per heavy atom. The second-order valence-corrected chi connectivity index (χ2v) is 23.3. The van der Waals surface area contributed by atoms with Gasteiger partial charge in [-0.2, -0.15) is 0 Å². The summed E-state index contributed by atoms with van der Waals surface area (Å²) >= 11 is 3.17. The topological polar surface area (TPSA) is 294 Å². The van der Waals surface area contributed by atoms with Crippen molar-refractivity contribution in [3.8, 4) is 0 Å². The predicted molar refractivity (Wildman–Crippen MR) is 348 cm³/mol. The van der Waals surface area contributed by atoms with Crippen molar-refractivity contribution in [2.24, 2.45) is 0 Å². The number of thiophene rings is 2. The van der Waals surface area contributed by atoms with Crippen molar-refractivity contribution in [1.29, 1.82) is 0 Å². The lowest BCUT2D eigenvalue weighted by Gasteiger charge is -2.34. The first-order valence-corrected chi connectivity index (χ1v) is 29.6. The van der Waals surface area contributed by atoms with E-state index in [9.17, 15) is 38.4 Å². The summed E-state index contributed by atoms with van der Waals surface area (Å²) in [7, 11) is 0. The van der Waals surface area contributed by atoms with Crippen LogP contribution < -0.4 is 43.8 Å². The number of anilines is 4. The van der Waals surface area contributed by atoms with E-state index in [4.69, 9.17) is 0 Å². The second-order valence-electron chi connectivity index (χ2n) is 21.6. The van der Waals surface area contributed by atoms with E-state index in [1.165, 1.54) is 23.3 Å². The number of aromatic nitrogens is 8. The number of nitrogens with one attached hydrogen (secondary N) is 7. The maximum Gasteiger partial charge on any atom is 0.330 e. The first-order chi connectivity index (χ1) is 41.2. The number of carbonyl (C=O) groups is 4. The molecule has 26 heteroatoms. The van der Waals surface area contributed by atoms with Gasteiger partial charge in [-0.05, 0) is 113 Å². The molecule has 0 fully saturated rings.